The highest BCUT2D eigenvalue weighted by Crippen LogP contribution is 2.39. The van der Waals surface area contributed by atoms with Crippen molar-refractivity contribution in [1.82, 2.24) is 20.1 Å². The molecule has 0 aliphatic carbocycles. The molecule has 30 heavy (non-hydrogen) atoms. The Labute approximate surface area is 178 Å². The molecular weight excluding hydrogens is 396 g/mol. The lowest BCUT2D eigenvalue weighted by Gasteiger charge is -2.08. The van der Waals surface area contributed by atoms with Gasteiger partial charge in [-0.2, -0.15) is 5.10 Å². The predicted molar refractivity (Wildman–Crippen MR) is 118 cm³/mol. The third-order valence-corrected chi connectivity index (χ3v) is 6.48. The van der Waals surface area contributed by atoms with E-state index in [1.165, 1.54) is 16.9 Å². The van der Waals surface area contributed by atoms with Crippen molar-refractivity contribution in [2.75, 3.05) is 6.61 Å². The maximum atomic E-state index is 13.2. The highest BCUT2D eigenvalue weighted by Gasteiger charge is 2.23. The molecule has 4 heterocycles. The molecule has 0 radical (unpaired) electrons. The quantitative estimate of drug-likeness (QED) is 0.540. The minimum Gasteiger partial charge on any atom is -0.493 e. The largest absolute Gasteiger partial charge is 0.493 e. The van der Waals surface area contributed by atoms with Crippen LogP contribution in [-0.4, -0.2) is 27.3 Å². The van der Waals surface area contributed by atoms with Crippen LogP contribution in [-0.2, 0) is 20.0 Å². The Hall–Kier alpha value is -3.19. The van der Waals surface area contributed by atoms with Crippen molar-refractivity contribution in [3.05, 3.63) is 63.9 Å². The molecule has 0 unspecified atom stereocenters. The summed E-state index contributed by atoms with van der Waals surface area (Å²) in [5.74, 6) is 0.857. The summed E-state index contributed by atoms with van der Waals surface area (Å²) in [6.45, 7) is 5.25. The first-order valence-corrected chi connectivity index (χ1v) is 10.7. The summed E-state index contributed by atoms with van der Waals surface area (Å²) in [5, 5.41) is 8.43. The maximum Gasteiger partial charge on any atom is 0.262 e. The summed E-state index contributed by atoms with van der Waals surface area (Å²) in [5.41, 5.74) is 6.18. The Kier molecular flexibility index (Phi) is 4.55. The lowest BCUT2D eigenvalue weighted by molar-refractivity contribution is 0.0955. The van der Waals surface area contributed by atoms with Gasteiger partial charge in [0.2, 0.25) is 0 Å². The molecule has 0 fully saturated rings. The Morgan fingerprint density at radius 1 is 1.30 bits per heavy atom. The normalized spacial score (nSPS) is 12.8. The number of aromatic nitrogens is 3. The highest BCUT2D eigenvalue weighted by atomic mass is 32.1. The van der Waals surface area contributed by atoms with E-state index in [2.05, 4.69) is 34.5 Å². The van der Waals surface area contributed by atoms with E-state index in [1.54, 1.807) is 10.9 Å². The van der Waals surface area contributed by atoms with Crippen molar-refractivity contribution in [2.45, 2.75) is 26.8 Å². The molecule has 5 rings (SSSR count). The monoisotopic (exact) mass is 418 g/mol. The molecule has 0 spiro atoms. The first kappa shape index (κ1) is 18.8. The summed E-state index contributed by atoms with van der Waals surface area (Å²) < 4.78 is 7.32. The van der Waals surface area contributed by atoms with Gasteiger partial charge in [-0.05, 0) is 42.7 Å². The molecule has 0 bridgehead atoms. The molecule has 4 aromatic rings. The van der Waals surface area contributed by atoms with Gasteiger partial charge in [0.25, 0.3) is 5.91 Å². The van der Waals surface area contributed by atoms with Gasteiger partial charge in [0.15, 0.2) is 0 Å². The van der Waals surface area contributed by atoms with Crippen LogP contribution in [0.4, 0.5) is 0 Å². The molecule has 1 N–H and O–H groups in total. The summed E-state index contributed by atoms with van der Waals surface area (Å²) in [4.78, 5) is 19.5. The highest BCUT2D eigenvalue weighted by molar-refractivity contribution is 7.21. The Morgan fingerprint density at radius 2 is 2.17 bits per heavy atom. The molecule has 1 aliphatic rings. The lowest BCUT2D eigenvalue weighted by atomic mass is 10.0. The van der Waals surface area contributed by atoms with Gasteiger partial charge in [-0.1, -0.05) is 12.1 Å². The van der Waals surface area contributed by atoms with Crippen LogP contribution in [0.1, 0.15) is 32.1 Å². The van der Waals surface area contributed by atoms with Gasteiger partial charge in [0, 0.05) is 48.4 Å². The fourth-order valence-electron chi connectivity index (χ4n) is 4.04. The Balaban J connectivity index is 1.51. The van der Waals surface area contributed by atoms with E-state index >= 15 is 0 Å². The number of nitrogens with zero attached hydrogens (tertiary/aromatic N) is 3. The number of carbonyl (C=O) groups is 1. The molecule has 0 saturated carbocycles. The van der Waals surface area contributed by atoms with Gasteiger partial charge in [0.05, 0.1) is 12.8 Å². The number of pyridine rings is 1. The minimum atomic E-state index is -0.0920. The fourth-order valence-corrected chi connectivity index (χ4v) is 5.27. The molecule has 0 saturated heterocycles. The number of nitrogens with one attached hydrogen (secondary N) is 1. The number of hydrogen-bond donors (Lipinski definition) is 1. The summed E-state index contributed by atoms with van der Waals surface area (Å²) >= 11 is 1.44. The molecule has 0 atom stereocenters. The number of amides is 1. The van der Waals surface area contributed by atoms with E-state index in [0.717, 1.165) is 56.9 Å². The summed E-state index contributed by atoms with van der Waals surface area (Å²) in [6, 6.07) is 8.17. The molecule has 3 aromatic heterocycles. The van der Waals surface area contributed by atoms with Gasteiger partial charge >= 0.3 is 0 Å². The average Bonchev–Trinajstić information content (AvgIpc) is 3.43. The second kappa shape index (κ2) is 7.25. The number of carbonyl (C=O) groups excluding carboxylic acids is 1. The first-order valence-electron chi connectivity index (χ1n) is 9.92. The van der Waals surface area contributed by atoms with E-state index in [-0.39, 0.29) is 5.91 Å². The molecule has 1 amide bonds. The Morgan fingerprint density at radius 3 is 2.97 bits per heavy atom. The standard InChI is InChI=1S/C23H22N4O2S/c1-13-8-14(2)26-23-19(13)20(17-11-25-27(3)12-17)21(30-23)22(28)24-10-15-4-5-18-16(9-15)6-7-29-18/h4-5,8-9,11-12H,6-7,10H2,1-3H3,(H,24,28). The van der Waals surface area contributed by atoms with Crippen LogP contribution in [0.3, 0.4) is 0 Å². The molecular formula is C23H22N4O2S. The van der Waals surface area contributed by atoms with E-state index in [1.807, 2.05) is 32.3 Å². The van der Waals surface area contributed by atoms with Crippen LogP contribution in [0, 0.1) is 13.8 Å². The van der Waals surface area contributed by atoms with Gasteiger partial charge < -0.3 is 10.1 Å². The second-order valence-corrected chi connectivity index (χ2v) is 8.69. The second-order valence-electron chi connectivity index (χ2n) is 7.69. The van der Waals surface area contributed by atoms with Crippen LogP contribution >= 0.6 is 11.3 Å². The maximum absolute atomic E-state index is 13.2. The summed E-state index contributed by atoms with van der Waals surface area (Å²) in [6.07, 6.45) is 4.67. The molecule has 1 aliphatic heterocycles. The molecule has 1 aromatic carbocycles. The number of thiophene rings is 1. The molecule has 6 nitrogen and oxygen atoms in total. The smallest absolute Gasteiger partial charge is 0.262 e. The van der Waals surface area contributed by atoms with Crippen LogP contribution in [0.2, 0.25) is 0 Å². The number of benzene rings is 1. The van der Waals surface area contributed by atoms with E-state index in [9.17, 15) is 4.79 Å². The minimum absolute atomic E-state index is 0.0920. The van der Waals surface area contributed by atoms with E-state index < -0.39 is 0 Å². The third kappa shape index (κ3) is 3.25. The van der Waals surface area contributed by atoms with Gasteiger partial charge in [-0.3, -0.25) is 9.48 Å². The van der Waals surface area contributed by atoms with Crippen molar-refractivity contribution in [2.24, 2.45) is 7.05 Å². The average molecular weight is 419 g/mol. The van der Waals surface area contributed by atoms with E-state index in [0.29, 0.717) is 11.4 Å². The van der Waals surface area contributed by atoms with Crippen LogP contribution in [0.25, 0.3) is 21.3 Å². The van der Waals surface area contributed by atoms with Crippen molar-refractivity contribution in [1.29, 1.82) is 0 Å². The predicted octanol–water partition coefficient (Wildman–Crippen LogP) is 4.18. The Bertz CT molecular complexity index is 1290. The SMILES string of the molecule is Cc1cc(C)c2c(-c3cnn(C)c3)c(C(=O)NCc3ccc4c(c3)CCO4)sc2n1. The van der Waals surface area contributed by atoms with Crippen molar-refractivity contribution in [3.8, 4) is 16.9 Å². The zero-order valence-corrected chi connectivity index (χ0v) is 18.0. The van der Waals surface area contributed by atoms with E-state index in [4.69, 9.17) is 4.74 Å². The van der Waals surface area contributed by atoms with Crippen molar-refractivity contribution < 1.29 is 9.53 Å². The van der Waals surface area contributed by atoms with Gasteiger partial charge in [-0.25, -0.2) is 4.98 Å². The molecule has 7 heteroatoms. The van der Waals surface area contributed by atoms with Crippen molar-refractivity contribution >= 4 is 27.5 Å². The van der Waals surface area contributed by atoms with Crippen LogP contribution in [0.5, 0.6) is 5.75 Å². The van der Waals surface area contributed by atoms with Crippen LogP contribution in [0.15, 0.2) is 36.7 Å². The number of hydrogen-bond acceptors (Lipinski definition) is 5. The number of rotatable bonds is 4. The topological polar surface area (TPSA) is 69.0 Å². The molecule has 152 valence electrons. The van der Waals surface area contributed by atoms with Crippen molar-refractivity contribution in [3.63, 3.8) is 0 Å². The zero-order valence-electron chi connectivity index (χ0n) is 17.2. The number of fused-ring (bicyclic) bond motifs is 2. The fraction of sp³-hybridized carbons (Fsp3) is 0.261. The lowest BCUT2D eigenvalue weighted by Crippen LogP contribution is -2.22. The summed E-state index contributed by atoms with van der Waals surface area (Å²) in [7, 11) is 1.88. The van der Waals surface area contributed by atoms with Gasteiger partial charge in [-0.15, -0.1) is 11.3 Å². The first-order chi connectivity index (χ1) is 14.5. The number of aryl methyl sites for hydroxylation is 3. The number of ether oxygens (including phenoxy) is 1. The zero-order chi connectivity index (χ0) is 20.8. The van der Waals surface area contributed by atoms with Crippen LogP contribution < -0.4 is 10.1 Å². The third-order valence-electron chi connectivity index (χ3n) is 5.39. The van der Waals surface area contributed by atoms with Gasteiger partial charge in [0.1, 0.15) is 15.5 Å².